The van der Waals surface area contributed by atoms with Crippen molar-refractivity contribution in [3.8, 4) is 11.5 Å². The molecule has 1 amide bonds. The molecule has 0 saturated heterocycles. The number of hydrogen-bond acceptors (Lipinski definition) is 3. The second-order valence-corrected chi connectivity index (χ2v) is 6.08. The number of anilines is 1. The fourth-order valence-corrected chi connectivity index (χ4v) is 2.84. The predicted molar refractivity (Wildman–Crippen MR) is 95.4 cm³/mol. The summed E-state index contributed by atoms with van der Waals surface area (Å²) in [5.74, 6) is 1.40. The van der Waals surface area contributed by atoms with Crippen LogP contribution in [-0.4, -0.2) is 20.1 Å². The van der Waals surface area contributed by atoms with Gasteiger partial charge < -0.3 is 14.8 Å². The number of nitrogens with one attached hydrogen (secondary N) is 1. The third-order valence-corrected chi connectivity index (χ3v) is 4.11. The van der Waals surface area contributed by atoms with Gasteiger partial charge in [-0.3, -0.25) is 4.79 Å². The van der Waals surface area contributed by atoms with Gasteiger partial charge in [0.25, 0.3) is 0 Å². The number of halogens is 1. The van der Waals surface area contributed by atoms with Crippen molar-refractivity contribution in [2.24, 2.45) is 0 Å². The van der Waals surface area contributed by atoms with E-state index in [0.717, 1.165) is 21.3 Å². The summed E-state index contributed by atoms with van der Waals surface area (Å²) in [5.41, 5.74) is 2.85. The fourth-order valence-electron chi connectivity index (χ4n) is 2.26. The molecule has 0 aromatic heterocycles. The molecule has 4 nitrogen and oxygen atoms in total. The Hall–Kier alpha value is -2.01. The Morgan fingerprint density at radius 2 is 1.78 bits per heavy atom. The molecule has 2 aromatic rings. The van der Waals surface area contributed by atoms with Crippen LogP contribution in [0, 0.1) is 6.92 Å². The third-order valence-electron chi connectivity index (χ3n) is 3.49. The van der Waals surface area contributed by atoms with E-state index in [-0.39, 0.29) is 5.91 Å². The summed E-state index contributed by atoms with van der Waals surface area (Å²) >= 11 is 3.45. The number of methoxy groups -OCH3 is 2. The number of carbonyl (C=O) groups excluding carboxylic acids is 1. The molecule has 23 heavy (non-hydrogen) atoms. The Morgan fingerprint density at radius 3 is 2.43 bits per heavy atom. The Morgan fingerprint density at radius 1 is 1.09 bits per heavy atom. The molecule has 0 aliphatic carbocycles. The van der Waals surface area contributed by atoms with E-state index in [4.69, 9.17) is 9.47 Å². The summed E-state index contributed by atoms with van der Waals surface area (Å²) in [4.78, 5) is 12.2. The zero-order valence-electron chi connectivity index (χ0n) is 13.5. The largest absolute Gasteiger partial charge is 0.496 e. The average Bonchev–Trinajstić information content (AvgIpc) is 2.53. The van der Waals surface area contributed by atoms with Crippen molar-refractivity contribution in [3.63, 3.8) is 0 Å². The van der Waals surface area contributed by atoms with E-state index in [1.165, 1.54) is 0 Å². The fraction of sp³-hybridized carbons (Fsp3) is 0.278. The maximum absolute atomic E-state index is 12.2. The average molecular weight is 378 g/mol. The highest BCUT2D eigenvalue weighted by Crippen LogP contribution is 2.27. The van der Waals surface area contributed by atoms with Crippen molar-refractivity contribution < 1.29 is 14.3 Å². The van der Waals surface area contributed by atoms with E-state index in [9.17, 15) is 4.79 Å². The molecule has 2 aromatic carbocycles. The second-order valence-electron chi connectivity index (χ2n) is 5.22. The number of benzene rings is 2. The van der Waals surface area contributed by atoms with Gasteiger partial charge in [-0.1, -0.05) is 12.1 Å². The van der Waals surface area contributed by atoms with Gasteiger partial charge in [-0.2, -0.15) is 0 Å². The molecule has 1 N–H and O–H groups in total. The molecular weight excluding hydrogens is 358 g/mol. The van der Waals surface area contributed by atoms with Crippen LogP contribution in [0.25, 0.3) is 0 Å². The number of ether oxygens (including phenoxy) is 2. The van der Waals surface area contributed by atoms with E-state index in [1.807, 2.05) is 43.3 Å². The first-order valence-electron chi connectivity index (χ1n) is 7.30. The van der Waals surface area contributed by atoms with E-state index >= 15 is 0 Å². The molecule has 0 aliphatic heterocycles. The van der Waals surface area contributed by atoms with Gasteiger partial charge in [0.1, 0.15) is 11.5 Å². The summed E-state index contributed by atoms with van der Waals surface area (Å²) in [7, 11) is 3.22. The molecule has 2 rings (SSSR count). The standard InChI is InChI=1S/C18H20BrNO3/c1-12-4-7-17(23-3)15(10-12)20-18(21)9-6-13-5-8-16(22-2)14(19)11-13/h4-5,7-8,10-11H,6,9H2,1-3H3,(H,20,21). The molecule has 0 aliphatic rings. The molecular formula is C18H20BrNO3. The Bertz CT molecular complexity index is 701. The third kappa shape index (κ3) is 4.73. The lowest BCUT2D eigenvalue weighted by molar-refractivity contribution is -0.116. The Kier molecular flexibility index (Phi) is 6.04. The Balaban J connectivity index is 1.98. The molecule has 0 unspecified atom stereocenters. The number of rotatable bonds is 6. The smallest absolute Gasteiger partial charge is 0.224 e. The van der Waals surface area contributed by atoms with Gasteiger partial charge in [-0.05, 0) is 64.7 Å². The van der Waals surface area contributed by atoms with E-state index in [0.29, 0.717) is 24.3 Å². The number of hydrogen-bond donors (Lipinski definition) is 1. The van der Waals surface area contributed by atoms with Gasteiger partial charge in [0.2, 0.25) is 5.91 Å². The second kappa shape index (κ2) is 8.02. The monoisotopic (exact) mass is 377 g/mol. The van der Waals surface area contributed by atoms with Crippen LogP contribution in [0.1, 0.15) is 17.5 Å². The topological polar surface area (TPSA) is 47.6 Å². The minimum atomic E-state index is -0.0409. The number of amides is 1. The van der Waals surface area contributed by atoms with Crippen molar-refractivity contribution in [1.29, 1.82) is 0 Å². The van der Waals surface area contributed by atoms with Gasteiger partial charge >= 0.3 is 0 Å². The quantitative estimate of drug-likeness (QED) is 0.813. The number of aryl methyl sites for hydroxylation is 2. The summed E-state index contributed by atoms with van der Waals surface area (Å²) in [5, 5.41) is 2.91. The van der Waals surface area contributed by atoms with E-state index < -0.39 is 0 Å². The molecule has 0 atom stereocenters. The first-order chi connectivity index (χ1) is 11.0. The van der Waals surface area contributed by atoms with Crippen LogP contribution in [0.5, 0.6) is 11.5 Å². The van der Waals surface area contributed by atoms with Gasteiger partial charge in [0.15, 0.2) is 0 Å². The van der Waals surface area contributed by atoms with Crippen molar-refractivity contribution in [2.45, 2.75) is 19.8 Å². The summed E-state index contributed by atoms with van der Waals surface area (Å²) in [6.45, 7) is 1.98. The maximum atomic E-state index is 12.2. The molecule has 0 heterocycles. The van der Waals surface area contributed by atoms with Crippen LogP contribution < -0.4 is 14.8 Å². The summed E-state index contributed by atoms with van der Waals surface area (Å²) in [6, 6.07) is 11.5. The zero-order chi connectivity index (χ0) is 16.8. The normalized spacial score (nSPS) is 10.3. The minimum absolute atomic E-state index is 0.0409. The van der Waals surface area contributed by atoms with Crippen LogP contribution >= 0.6 is 15.9 Å². The van der Waals surface area contributed by atoms with Gasteiger partial charge in [0.05, 0.1) is 24.4 Å². The van der Waals surface area contributed by atoms with Gasteiger partial charge in [0, 0.05) is 6.42 Å². The number of carbonyl (C=O) groups is 1. The molecule has 122 valence electrons. The maximum Gasteiger partial charge on any atom is 0.224 e. The molecule has 0 bridgehead atoms. The first-order valence-corrected chi connectivity index (χ1v) is 8.09. The summed E-state index contributed by atoms with van der Waals surface area (Å²) in [6.07, 6.45) is 1.05. The lowest BCUT2D eigenvalue weighted by atomic mass is 10.1. The molecule has 0 spiro atoms. The summed E-state index contributed by atoms with van der Waals surface area (Å²) < 4.78 is 11.4. The predicted octanol–water partition coefficient (Wildman–Crippen LogP) is 4.35. The first kappa shape index (κ1) is 17.3. The minimum Gasteiger partial charge on any atom is -0.496 e. The van der Waals surface area contributed by atoms with E-state index in [2.05, 4.69) is 21.2 Å². The van der Waals surface area contributed by atoms with E-state index in [1.54, 1.807) is 14.2 Å². The van der Waals surface area contributed by atoms with Crippen molar-refractivity contribution in [2.75, 3.05) is 19.5 Å². The highest BCUT2D eigenvalue weighted by molar-refractivity contribution is 9.10. The van der Waals surface area contributed by atoms with Crippen molar-refractivity contribution in [1.82, 2.24) is 0 Å². The Labute approximate surface area is 144 Å². The highest BCUT2D eigenvalue weighted by atomic mass is 79.9. The van der Waals surface area contributed by atoms with Gasteiger partial charge in [-0.25, -0.2) is 0 Å². The molecule has 0 radical (unpaired) electrons. The van der Waals surface area contributed by atoms with Crippen LogP contribution in [0.2, 0.25) is 0 Å². The zero-order valence-corrected chi connectivity index (χ0v) is 15.1. The molecule has 0 fully saturated rings. The SMILES string of the molecule is COc1ccc(CCC(=O)Nc2cc(C)ccc2OC)cc1Br. The lowest BCUT2D eigenvalue weighted by Crippen LogP contribution is -2.13. The van der Waals surface area contributed by atoms with Crippen molar-refractivity contribution >= 4 is 27.5 Å². The van der Waals surface area contributed by atoms with Crippen LogP contribution in [-0.2, 0) is 11.2 Å². The van der Waals surface area contributed by atoms with Gasteiger partial charge in [-0.15, -0.1) is 0 Å². The van der Waals surface area contributed by atoms with Crippen LogP contribution in [0.15, 0.2) is 40.9 Å². The van der Waals surface area contributed by atoms with Crippen LogP contribution in [0.4, 0.5) is 5.69 Å². The van der Waals surface area contributed by atoms with Crippen LogP contribution in [0.3, 0.4) is 0 Å². The van der Waals surface area contributed by atoms with Crippen molar-refractivity contribution in [3.05, 3.63) is 52.0 Å². The molecule has 5 heteroatoms. The molecule has 0 saturated carbocycles. The highest BCUT2D eigenvalue weighted by Gasteiger charge is 2.09. The lowest BCUT2D eigenvalue weighted by Gasteiger charge is -2.11.